The molecular formula is C55H101O12P. The molecule has 0 saturated heterocycles. The number of carbonyl (C=O) groups is 1. The van der Waals surface area contributed by atoms with Crippen LogP contribution < -0.4 is 0 Å². The van der Waals surface area contributed by atoms with Crippen molar-refractivity contribution in [2.75, 3.05) is 19.8 Å². The molecule has 1 saturated carbocycles. The summed E-state index contributed by atoms with van der Waals surface area (Å²) in [5.74, 6) is -0.497. The molecule has 6 atom stereocenters. The molecule has 1 aliphatic rings. The molecule has 398 valence electrons. The van der Waals surface area contributed by atoms with Gasteiger partial charge in [0, 0.05) is 13.0 Å². The highest BCUT2D eigenvalue weighted by atomic mass is 31.2. The Bertz CT molecular complexity index is 1310. The smallest absolute Gasteiger partial charge is 0.457 e. The van der Waals surface area contributed by atoms with Crippen molar-refractivity contribution in [2.24, 2.45) is 0 Å². The Morgan fingerprint density at radius 2 is 0.868 bits per heavy atom. The van der Waals surface area contributed by atoms with Crippen molar-refractivity contribution < 1.29 is 58.3 Å². The lowest BCUT2D eigenvalue weighted by Crippen LogP contribution is -2.64. The highest BCUT2D eigenvalue weighted by Gasteiger charge is 2.51. The van der Waals surface area contributed by atoms with Crippen LogP contribution in [-0.2, 0) is 27.9 Å². The van der Waals surface area contributed by atoms with E-state index in [1.165, 1.54) is 135 Å². The normalized spacial score (nSPS) is 21.5. The minimum atomic E-state index is -5.03. The summed E-state index contributed by atoms with van der Waals surface area (Å²) in [6.45, 7) is 4.16. The Balaban J connectivity index is 2.29. The zero-order valence-corrected chi connectivity index (χ0v) is 43.8. The van der Waals surface area contributed by atoms with Crippen molar-refractivity contribution in [2.45, 2.75) is 275 Å². The average Bonchev–Trinajstić information content (AvgIpc) is 3.32. The van der Waals surface area contributed by atoms with E-state index >= 15 is 0 Å². The third-order valence-electron chi connectivity index (χ3n) is 12.7. The van der Waals surface area contributed by atoms with E-state index < -0.39 is 63.1 Å². The summed E-state index contributed by atoms with van der Waals surface area (Å²) >= 11 is 0. The second-order valence-corrected chi connectivity index (χ2v) is 20.5. The van der Waals surface area contributed by atoms with Crippen molar-refractivity contribution in [3.63, 3.8) is 0 Å². The molecule has 1 fully saturated rings. The molecule has 0 bridgehead atoms. The van der Waals surface area contributed by atoms with Crippen molar-refractivity contribution in [1.29, 1.82) is 0 Å². The Labute approximate surface area is 414 Å². The van der Waals surface area contributed by atoms with E-state index in [0.29, 0.717) is 13.0 Å². The van der Waals surface area contributed by atoms with Crippen LogP contribution in [0.5, 0.6) is 0 Å². The predicted octanol–water partition coefficient (Wildman–Crippen LogP) is 12.8. The number of esters is 1. The lowest BCUT2D eigenvalue weighted by molar-refractivity contribution is -0.220. The van der Waals surface area contributed by atoms with E-state index in [2.05, 4.69) is 62.5 Å². The Morgan fingerprint density at radius 1 is 0.485 bits per heavy atom. The van der Waals surface area contributed by atoms with Crippen molar-refractivity contribution in [3.8, 4) is 0 Å². The summed E-state index contributed by atoms with van der Waals surface area (Å²) < 4.78 is 34.3. The van der Waals surface area contributed by atoms with Gasteiger partial charge in [-0.25, -0.2) is 4.57 Å². The molecule has 0 heterocycles. The van der Waals surface area contributed by atoms with E-state index in [1.54, 1.807) is 0 Å². The quantitative estimate of drug-likeness (QED) is 0.0147. The molecule has 0 aliphatic heterocycles. The molecule has 6 N–H and O–H groups in total. The van der Waals surface area contributed by atoms with Gasteiger partial charge in [0.15, 0.2) is 0 Å². The molecule has 0 radical (unpaired) electrons. The fourth-order valence-corrected chi connectivity index (χ4v) is 9.38. The minimum Gasteiger partial charge on any atom is -0.457 e. The molecule has 0 aromatic heterocycles. The maximum atomic E-state index is 12.9. The molecule has 1 rings (SSSR count). The number of phosphoric ester groups is 1. The Kier molecular flexibility index (Phi) is 42.7. The summed E-state index contributed by atoms with van der Waals surface area (Å²) in [5, 5.41) is 50.4. The van der Waals surface area contributed by atoms with Gasteiger partial charge in [0.25, 0.3) is 0 Å². The van der Waals surface area contributed by atoms with Crippen LogP contribution in [0.25, 0.3) is 0 Å². The first-order valence-corrected chi connectivity index (χ1v) is 29.0. The second kappa shape index (κ2) is 45.2. The molecule has 0 spiro atoms. The minimum absolute atomic E-state index is 0.0851. The van der Waals surface area contributed by atoms with E-state index in [0.717, 1.165) is 70.6 Å². The van der Waals surface area contributed by atoms with Crippen LogP contribution in [0.3, 0.4) is 0 Å². The topological polar surface area (TPSA) is 192 Å². The number of aliphatic hydroxyl groups excluding tert-OH is 5. The summed E-state index contributed by atoms with van der Waals surface area (Å²) in [6, 6.07) is 0. The van der Waals surface area contributed by atoms with Gasteiger partial charge in [0.1, 0.15) is 42.7 Å². The van der Waals surface area contributed by atoms with Gasteiger partial charge in [0.05, 0.1) is 13.2 Å². The number of carbonyl (C=O) groups excluding carboxylic acids is 1. The van der Waals surface area contributed by atoms with Crippen LogP contribution in [0.15, 0.2) is 48.6 Å². The fourth-order valence-electron chi connectivity index (χ4n) is 8.41. The van der Waals surface area contributed by atoms with Crippen LogP contribution in [0.2, 0.25) is 0 Å². The maximum absolute atomic E-state index is 12.9. The number of rotatable bonds is 47. The number of phosphoric acid groups is 1. The van der Waals surface area contributed by atoms with Crippen molar-refractivity contribution in [3.05, 3.63) is 48.6 Å². The maximum Gasteiger partial charge on any atom is 0.472 e. The molecule has 6 unspecified atom stereocenters. The molecule has 0 aromatic rings. The third kappa shape index (κ3) is 36.3. The summed E-state index contributed by atoms with van der Waals surface area (Å²) in [5.41, 5.74) is 0. The predicted molar refractivity (Wildman–Crippen MR) is 276 cm³/mol. The van der Waals surface area contributed by atoms with Crippen LogP contribution in [0.4, 0.5) is 0 Å². The first-order valence-electron chi connectivity index (χ1n) is 27.5. The molecule has 0 amide bonds. The van der Waals surface area contributed by atoms with Crippen LogP contribution >= 0.6 is 7.82 Å². The SMILES string of the molecule is CC/C=C\C/C=C\C/C=C\C/C=C\CCCCCCC(=O)OC(COCCCCCCCCCCCCCCCCCCCCCCCCCC)COP(=O)(O)OC1C(O)C(O)C(O)C(O)C1O. The second-order valence-electron chi connectivity index (χ2n) is 19.1. The molecular weight excluding hydrogens is 884 g/mol. The third-order valence-corrected chi connectivity index (χ3v) is 13.7. The molecule has 68 heavy (non-hydrogen) atoms. The number of ether oxygens (including phenoxy) is 2. The number of aliphatic hydroxyl groups is 5. The van der Waals surface area contributed by atoms with E-state index in [1.807, 2.05) is 0 Å². The standard InChI is InChI=1S/C55H101O12P/c1-3-5-7-9-11-13-15-17-19-21-22-23-24-25-26-27-29-31-33-35-37-39-41-43-45-64-46-48(47-65-68(62,63)67-55-53(60)51(58)50(57)52(59)54(55)61)66-49(56)44-42-40-38-36-34-32-30-28-20-18-16-14-12-10-8-6-4-2/h6,8,12,14,18,20,30,32,48,50-55,57-61H,3-5,7,9-11,13,15-17,19,21-29,31,33-47H2,1-2H3,(H,62,63)/b8-6-,14-12-,20-18-,32-30-. The van der Waals surface area contributed by atoms with Crippen LogP contribution in [-0.4, -0.2) is 98.9 Å². The summed E-state index contributed by atoms with van der Waals surface area (Å²) in [6.07, 6.45) is 44.7. The first kappa shape index (κ1) is 64.3. The van der Waals surface area contributed by atoms with Gasteiger partial charge in [-0.1, -0.05) is 223 Å². The van der Waals surface area contributed by atoms with E-state index in [9.17, 15) is 39.8 Å². The molecule has 12 nitrogen and oxygen atoms in total. The number of unbranched alkanes of at least 4 members (excludes halogenated alkanes) is 27. The average molecular weight is 985 g/mol. The fraction of sp³-hybridized carbons (Fsp3) is 0.836. The largest absolute Gasteiger partial charge is 0.472 e. The zero-order chi connectivity index (χ0) is 49.8. The number of allylic oxidation sites excluding steroid dienone is 8. The van der Waals surface area contributed by atoms with Crippen LogP contribution in [0.1, 0.15) is 232 Å². The van der Waals surface area contributed by atoms with Crippen LogP contribution in [0, 0.1) is 0 Å². The molecule has 0 aromatic carbocycles. The van der Waals surface area contributed by atoms with E-state index in [-0.39, 0.29) is 13.0 Å². The lowest BCUT2D eigenvalue weighted by Gasteiger charge is -2.41. The van der Waals surface area contributed by atoms with Gasteiger partial charge in [0.2, 0.25) is 0 Å². The van der Waals surface area contributed by atoms with Crippen molar-refractivity contribution >= 4 is 13.8 Å². The first-order chi connectivity index (χ1) is 33.0. The Hall–Kier alpha value is -1.70. The van der Waals surface area contributed by atoms with Gasteiger partial charge in [-0.2, -0.15) is 0 Å². The monoisotopic (exact) mass is 985 g/mol. The molecule has 1 aliphatic carbocycles. The van der Waals surface area contributed by atoms with Gasteiger partial charge < -0.3 is 39.9 Å². The van der Waals surface area contributed by atoms with E-state index in [4.69, 9.17) is 18.5 Å². The summed E-state index contributed by atoms with van der Waals surface area (Å²) in [7, 11) is -5.03. The van der Waals surface area contributed by atoms with Crippen molar-refractivity contribution in [1.82, 2.24) is 0 Å². The summed E-state index contributed by atoms with van der Waals surface area (Å²) in [4.78, 5) is 23.3. The molecule has 13 heteroatoms. The highest BCUT2D eigenvalue weighted by molar-refractivity contribution is 7.47. The zero-order valence-electron chi connectivity index (χ0n) is 42.9. The van der Waals surface area contributed by atoms with Gasteiger partial charge >= 0.3 is 13.8 Å². The highest BCUT2D eigenvalue weighted by Crippen LogP contribution is 2.47. The van der Waals surface area contributed by atoms with Gasteiger partial charge in [-0.15, -0.1) is 0 Å². The number of hydrogen-bond donors (Lipinski definition) is 6. The number of hydrogen-bond acceptors (Lipinski definition) is 11. The Morgan fingerprint density at radius 3 is 1.32 bits per heavy atom. The van der Waals surface area contributed by atoms with Gasteiger partial charge in [-0.05, 0) is 51.4 Å². The van der Waals surface area contributed by atoms with Gasteiger partial charge in [-0.3, -0.25) is 13.8 Å². The lowest BCUT2D eigenvalue weighted by atomic mass is 9.85.